The Balaban J connectivity index is 2.37. The first-order valence-electron chi connectivity index (χ1n) is 7.60. The van der Waals surface area contributed by atoms with Gasteiger partial charge in [-0.25, -0.2) is 4.79 Å². The fourth-order valence-corrected chi connectivity index (χ4v) is 2.69. The number of hydrogen-bond donors (Lipinski definition) is 2. The minimum absolute atomic E-state index is 0.0398. The molecule has 0 aromatic heterocycles. The minimum Gasteiger partial charge on any atom is -0.444 e. The molecular weight excluding hydrogens is 240 g/mol. The first-order valence-corrected chi connectivity index (χ1v) is 7.60. The highest BCUT2D eigenvalue weighted by molar-refractivity contribution is 5.68. The SMILES string of the molecule is CC(C)(C)OC(=O)NC(CN)CC1CCCCCC1. The zero-order valence-electron chi connectivity index (χ0n) is 12.7. The van der Waals surface area contributed by atoms with Gasteiger partial charge < -0.3 is 15.8 Å². The molecule has 0 heterocycles. The second-order valence-electron chi connectivity index (χ2n) is 6.67. The summed E-state index contributed by atoms with van der Waals surface area (Å²) in [6.07, 6.45) is 8.50. The van der Waals surface area contributed by atoms with Gasteiger partial charge in [0.25, 0.3) is 0 Å². The van der Waals surface area contributed by atoms with Crippen molar-refractivity contribution in [3.8, 4) is 0 Å². The molecule has 3 N–H and O–H groups in total. The monoisotopic (exact) mass is 270 g/mol. The summed E-state index contributed by atoms with van der Waals surface area (Å²) in [5.74, 6) is 0.700. The molecule has 0 spiro atoms. The van der Waals surface area contributed by atoms with Crippen LogP contribution in [0.1, 0.15) is 65.7 Å². The molecule has 1 saturated carbocycles. The normalized spacial score (nSPS) is 19.6. The van der Waals surface area contributed by atoms with E-state index >= 15 is 0 Å². The van der Waals surface area contributed by atoms with Crippen LogP contribution in [0.5, 0.6) is 0 Å². The standard InChI is InChI=1S/C15H30N2O2/c1-15(2,3)19-14(18)17-13(11-16)10-12-8-6-4-5-7-9-12/h12-13H,4-11,16H2,1-3H3,(H,17,18). The predicted octanol–water partition coefficient (Wildman–Crippen LogP) is 3.20. The van der Waals surface area contributed by atoms with Crippen LogP contribution in [0, 0.1) is 5.92 Å². The predicted molar refractivity (Wildman–Crippen MR) is 78.0 cm³/mol. The average molecular weight is 270 g/mol. The molecule has 112 valence electrons. The second kappa shape index (κ2) is 7.73. The molecule has 0 aromatic rings. The van der Waals surface area contributed by atoms with Crippen LogP contribution < -0.4 is 11.1 Å². The number of nitrogens with one attached hydrogen (secondary N) is 1. The summed E-state index contributed by atoms with van der Waals surface area (Å²) in [7, 11) is 0. The van der Waals surface area contributed by atoms with Crippen LogP contribution in [0.25, 0.3) is 0 Å². The first-order chi connectivity index (χ1) is 8.90. The van der Waals surface area contributed by atoms with Gasteiger partial charge in [-0.3, -0.25) is 0 Å². The van der Waals surface area contributed by atoms with Crippen molar-refractivity contribution in [1.29, 1.82) is 0 Å². The summed E-state index contributed by atoms with van der Waals surface area (Å²) in [5.41, 5.74) is 5.32. The van der Waals surface area contributed by atoms with Crippen LogP contribution in [0.3, 0.4) is 0 Å². The molecule has 1 unspecified atom stereocenters. The van der Waals surface area contributed by atoms with Crippen LogP contribution in [0.15, 0.2) is 0 Å². The third kappa shape index (κ3) is 7.41. The Bertz CT molecular complexity index is 266. The highest BCUT2D eigenvalue weighted by Gasteiger charge is 2.22. The number of alkyl carbamates (subject to hydrolysis) is 1. The third-order valence-electron chi connectivity index (χ3n) is 3.60. The Morgan fingerprint density at radius 1 is 1.26 bits per heavy atom. The number of ether oxygens (including phenoxy) is 1. The summed E-state index contributed by atoms with van der Waals surface area (Å²) < 4.78 is 5.28. The first kappa shape index (κ1) is 16.3. The quantitative estimate of drug-likeness (QED) is 0.771. The summed E-state index contributed by atoms with van der Waals surface area (Å²) in [6, 6.07) is 0.0398. The maximum absolute atomic E-state index is 11.7. The van der Waals surface area contributed by atoms with E-state index < -0.39 is 5.60 Å². The number of carbonyl (C=O) groups excluding carboxylic acids is 1. The largest absolute Gasteiger partial charge is 0.444 e. The van der Waals surface area contributed by atoms with Crippen molar-refractivity contribution in [2.45, 2.75) is 77.4 Å². The van der Waals surface area contributed by atoms with Gasteiger partial charge in [0, 0.05) is 12.6 Å². The molecule has 0 aromatic carbocycles. The van der Waals surface area contributed by atoms with Crippen LogP contribution >= 0.6 is 0 Å². The van der Waals surface area contributed by atoms with Gasteiger partial charge in [-0.15, -0.1) is 0 Å². The lowest BCUT2D eigenvalue weighted by Gasteiger charge is -2.25. The van der Waals surface area contributed by atoms with Gasteiger partial charge in [-0.1, -0.05) is 38.5 Å². The molecule has 0 bridgehead atoms. The zero-order valence-corrected chi connectivity index (χ0v) is 12.7. The highest BCUT2D eigenvalue weighted by Crippen LogP contribution is 2.26. The van der Waals surface area contributed by atoms with E-state index in [1.54, 1.807) is 0 Å². The molecular formula is C15H30N2O2. The fraction of sp³-hybridized carbons (Fsp3) is 0.933. The maximum Gasteiger partial charge on any atom is 0.407 e. The van der Waals surface area contributed by atoms with Crippen LogP contribution in [0.4, 0.5) is 4.79 Å². The van der Waals surface area contributed by atoms with Gasteiger partial charge in [0.15, 0.2) is 0 Å². The van der Waals surface area contributed by atoms with Gasteiger partial charge >= 0.3 is 6.09 Å². The van der Waals surface area contributed by atoms with E-state index in [2.05, 4.69) is 5.32 Å². The molecule has 0 radical (unpaired) electrons. The molecule has 1 rings (SSSR count). The van der Waals surface area contributed by atoms with Gasteiger partial charge in [0.05, 0.1) is 0 Å². The maximum atomic E-state index is 11.7. The summed E-state index contributed by atoms with van der Waals surface area (Å²) in [4.78, 5) is 11.7. The molecule has 1 fully saturated rings. The van der Waals surface area contributed by atoms with Gasteiger partial charge in [-0.05, 0) is 33.1 Å². The molecule has 0 aliphatic heterocycles. The average Bonchev–Trinajstić information content (AvgIpc) is 2.54. The van der Waals surface area contributed by atoms with Crippen molar-refractivity contribution in [2.24, 2.45) is 11.7 Å². The lowest BCUT2D eigenvalue weighted by molar-refractivity contribution is 0.0498. The Kier molecular flexibility index (Phi) is 6.63. The van der Waals surface area contributed by atoms with Crippen molar-refractivity contribution in [3.05, 3.63) is 0 Å². The highest BCUT2D eigenvalue weighted by atomic mass is 16.6. The van der Waals surface area contributed by atoms with Gasteiger partial charge in [-0.2, -0.15) is 0 Å². The molecule has 0 saturated heterocycles. The molecule has 1 atom stereocenters. The molecule has 1 aliphatic rings. The van der Waals surface area contributed by atoms with E-state index in [4.69, 9.17) is 10.5 Å². The van der Waals surface area contributed by atoms with Crippen LogP contribution in [0.2, 0.25) is 0 Å². The molecule has 1 aliphatic carbocycles. The Morgan fingerprint density at radius 3 is 2.32 bits per heavy atom. The Hall–Kier alpha value is -0.770. The third-order valence-corrected chi connectivity index (χ3v) is 3.60. The van der Waals surface area contributed by atoms with E-state index in [9.17, 15) is 4.79 Å². The topological polar surface area (TPSA) is 64.3 Å². The van der Waals surface area contributed by atoms with E-state index in [1.165, 1.54) is 38.5 Å². The Labute approximate surface area is 117 Å². The van der Waals surface area contributed by atoms with Crippen LogP contribution in [-0.2, 0) is 4.74 Å². The van der Waals surface area contributed by atoms with Crippen molar-refractivity contribution in [3.63, 3.8) is 0 Å². The molecule has 1 amide bonds. The number of hydrogen-bond acceptors (Lipinski definition) is 3. The summed E-state index contributed by atoms with van der Waals surface area (Å²) >= 11 is 0. The van der Waals surface area contributed by atoms with E-state index in [-0.39, 0.29) is 12.1 Å². The number of amides is 1. The summed E-state index contributed by atoms with van der Waals surface area (Å²) in [5, 5.41) is 2.90. The van der Waals surface area contributed by atoms with E-state index in [0.29, 0.717) is 12.5 Å². The Morgan fingerprint density at radius 2 is 1.84 bits per heavy atom. The smallest absolute Gasteiger partial charge is 0.407 e. The number of rotatable bonds is 4. The number of carbonyl (C=O) groups is 1. The lowest BCUT2D eigenvalue weighted by Crippen LogP contribution is -2.43. The lowest BCUT2D eigenvalue weighted by atomic mass is 9.92. The molecule has 4 heteroatoms. The second-order valence-corrected chi connectivity index (χ2v) is 6.67. The van der Waals surface area contributed by atoms with Crippen molar-refractivity contribution in [2.75, 3.05) is 6.54 Å². The van der Waals surface area contributed by atoms with Crippen molar-refractivity contribution in [1.82, 2.24) is 5.32 Å². The molecule has 4 nitrogen and oxygen atoms in total. The van der Waals surface area contributed by atoms with Gasteiger partial charge in [0.2, 0.25) is 0 Å². The van der Waals surface area contributed by atoms with Crippen molar-refractivity contribution < 1.29 is 9.53 Å². The van der Waals surface area contributed by atoms with Gasteiger partial charge in [0.1, 0.15) is 5.60 Å². The fourth-order valence-electron chi connectivity index (χ4n) is 2.69. The van der Waals surface area contributed by atoms with E-state index in [1.807, 2.05) is 20.8 Å². The minimum atomic E-state index is -0.453. The van der Waals surface area contributed by atoms with Crippen molar-refractivity contribution >= 4 is 6.09 Å². The van der Waals surface area contributed by atoms with E-state index in [0.717, 1.165) is 6.42 Å². The number of nitrogens with two attached hydrogens (primary N) is 1. The van der Waals surface area contributed by atoms with Crippen LogP contribution in [-0.4, -0.2) is 24.3 Å². The zero-order chi connectivity index (χ0) is 14.3. The molecule has 19 heavy (non-hydrogen) atoms. The summed E-state index contributed by atoms with van der Waals surface area (Å²) in [6.45, 7) is 6.09.